The number of hydrogen-bond acceptors (Lipinski definition) is 3. The lowest BCUT2D eigenvalue weighted by Gasteiger charge is -2.21. The molecule has 1 aromatic carbocycles. The van der Waals surface area contributed by atoms with E-state index in [1.807, 2.05) is 37.1 Å². The van der Waals surface area contributed by atoms with Gasteiger partial charge in [0.05, 0.1) is 23.0 Å². The van der Waals surface area contributed by atoms with E-state index in [0.29, 0.717) is 6.54 Å². The quantitative estimate of drug-likeness (QED) is 0.861. The molecular formula is C13H16N4O. The zero-order valence-corrected chi connectivity index (χ0v) is 10.5. The second kappa shape index (κ2) is 4.96. The molecule has 0 saturated carbocycles. The number of aromatic nitrogens is 2. The number of hydrogen-bond donors (Lipinski definition) is 2. The summed E-state index contributed by atoms with van der Waals surface area (Å²) < 4.78 is 0. The molecule has 94 valence electrons. The maximum Gasteiger partial charge on any atom is 0.323 e. The maximum atomic E-state index is 11.2. The lowest BCUT2D eigenvalue weighted by Crippen LogP contribution is -2.24. The van der Waals surface area contributed by atoms with Crippen molar-refractivity contribution >= 4 is 16.7 Å². The van der Waals surface area contributed by atoms with Crippen molar-refractivity contribution < 1.29 is 0 Å². The minimum Gasteiger partial charge on any atom is -0.373 e. The third-order valence-corrected chi connectivity index (χ3v) is 3.11. The van der Waals surface area contributed by atoms with Gasteiger partial charge >= 0.3 is 5.69 Å². The van der Waals surface area contributed by atoms with E-state index in [0.717, 1.165) is 23.1 Å². The summed E-state index contributed by atoms with van der Waals surface area (Å²) in [5, 5.41) is 8.97. The van der Waals surface area contributed by atoms with Crippen LogP contribution in [0.15, 0.2) is 23.0 Å². The van der Waals surface area contributed by atoms with Gasteiger partial charge in [-0.15, -0.1) is 0 Å². The minimum atomic E-state index is -0.201. The van der Waals surface area contributed by atoms with E-state index in [1.54, 1.807) is 0 Å². The molecule has 0 fully saturated rings. The van der Waals surface area contributed by atoms with Crippen molar-refractivity contribution in [1.29, 1.82) is 5.26 Å². The number of H-pyrrole nitrogens is 2. The van der Waals surface area contributed by atoms with Crippen molar-refractivity contribution in [3.8, 4) is 6.07 Å². The second-order valence-electron chi connectivity index (χ2n) is 4.42. The number of benzene rings is 1. The van der Waals surface area contributed by atoms with E-state index in [1.165, 1.54) is 0 Å². The number of fused-ring (bicyclic) bond motifs is 1. The largest absolute Gasteiger partial charge is 0.373 e. The third kappa shape index (κ3) is 2.38. The fourth-order valence-electron chi connectivity index (χ4n) is 1.96. The van der Waals surface area contributed by atoms with E-state index < -0.39 is 0 Å². The number of nitrogens with one attached hydrogen (secondary N) is 2. The Morgan fingerprint density at radius 3 is 2.78 bits per heavy atom. The van der Waals surface area contributed by atoms with Crippen LogP contribution in [0.3, 0.4) is 0 Å². The third-order valence-electron chi connectivity index (χ3n) is 3.11. The summed E-state index contributed by atoms with van der Waals surface area (Å²) in [4.78, 5) is 18.6. The Labute approximate surface area is 105 Å². The molecule has 0 saturated heterocycles. The summed E-state index contributed by atoms with van der Waals surface area (Å²) in [5.41, 5.74) is 2.37. The van der Waals surface area contributed by atoms with Crippen LogP contribution in [0.4, 0.5) is 5.69 Å². The van der Waals surface area contributed by atoms with Crippen molar-refractivity contribution in [2.45, 2.75) is 13.3 Å². The van der Waals surface area contributed by atoms with Crippen LogP contribution >= 0.6 is 0 Å². The maximum absolute atomic E-state index is 11.2. The smallest absolute Gasteiger partial charge is 0.323 e. The van der Waals surface area contributed by atoms with E-state index in [-0.39, 0.29) is 11.6 Å². The van der Waals surface area contributed by atoms with Gasteiger partial charge in [-0.2, -0.15) is 5.26 Å². The van der Waals surface area contributed by atoms with Gasteiger partial charge in [-0.25, -0.2) is 4.79 Å². The predicted octanol–water partition coefficient (Wildman–Crippen LogP) is 1.84. The molecule has 1 heterocycles. The second-order valence-corrected chi connectivity index (χ2v) is 4.42. The molecule has 1 unspecified atom stereocenters. The summed E-state index contributed by atoms with van der Waals surface area (Å²) in [5.74, 6) is 0.0240. The normalized spacial score (nSPS) is 12.3. The van der Waals surface area contributed by atoms with Crippen molar-refractivity contribution in [3.05, 3.63) is 28.7 Å². The van der Waals surface area contributed by atoms with Gasteiger partial charge in [0.15, 0.2) is 0 Å². The average molecular weight is 244 g/mol. The molecule has 0 amide bonds. The van der Waals surface area contributed by atoms with Gasteiger partial charge < -0.3 is 14.9 Å². The van der Waals surface area contributed by atoms with E-state index in [2.05, 4.69) is 16.0 Å². The van der Waals surface area contributed by atoms with Gasteiger partial charge in [0.25, 0.3) is 0 Å². The van der Waals surface area contributed by atoms with Gasteiger partial charge in [-0.3, -0.25) is 0 Å². The van der Waals surface area contributed by atoms with Crippen LogP contribution in [0, 0.1) is 17.2 Å². The highest BCUT2D eigenvalue weighted by atomic mass is 16.1. The first kappa shape index (κ1) is 12.2. The van der Waals surface area contributed by atoms with Crippen molar-refractivity contribution in [1.82, 2.24) is 9.97 Å². The lowest BCUT2D eigenvalue weighted by molar-refractivity contribution is 0.631. The molecule has 1 atom stereocenters. The fourth-order valence-corrected chi connectivity index (χ4v) is 1.96. The number of anilines is 1. The standard InChI is InChI=1S/C13H16N4O/c1-3-9(7-14)8-17(2)10-4-5-11-12(6-10)16-13(18)15-11/h4-6,9H,3,8H2,1-2H3,(H2,15,16,18). The molecule has 0 spiro atoms. The van der Waals surface area contributed by atoms with Crippen LogP contribution in [0.5, 0.6) is 0 Å². The fraction of sp³-hybridized carbons (Fsp3) is 0.385. The Bertz CT molecular complexity index is 634. The molecule has 2 rings (SSSR count). The van der Waals surface area contributed by atoms with Gasteiger partial charge in [-0.1, -0.05) is 6.92 Å². The van der Waals surface area contributed by atoms with Crippen LogP contribution in [0.2, 0.25) is 0 Å². The van der Waals surface area contributed by atoms with Gasteiger partial charge in [0.1, 0.15) is 0 Å². The zero-order valence-electron chi connectivity index (χ0n) is 10.5. The molecule has 0 aliphatic carbocycles. The molecule has 0 aliphatic heterocycles. The molecule has 2 N–H and O–H groups in total. The first-order valence-electron chi connectivity index (χ1n) is 5.97. The number of nitrogens with zero attached hydrogens (tertiary/aromatic N) is 2. The molecule has 5 nitrogen and oxygen atoms in total. The summed E-state index contributed by atoms with van der Waals surface area (Å²) >= 11 is 0. The molecule has 2 aromatic rings. The van der Waals surface area contributed by atoms with Gasteiger partial charge in [0, 0.05) is 19.3 Å². The summed E-state index contributed by atoms with van der Waals surface area (Å²) in [6.07, 6.45) is 0.837. The molecule has 18 heavy (non-hydrogen) atoms. The van der Waals surface area contributed by atoms with Crippen molar-refractivity contribution in [3.63, 3.8) is 0 Å². The van der Waals surface area contributed by atoms with Crippen molar-refractivity contribution in [2.24, 2.45) is 5.92 Å². The molecule has 0 aliphatic rings. The number of rotatable bonds is 4. The number of imidazole rings is 1. The van der Waals surface area contributed by atoms with Crippen LogP contribution in [0.1, 0.15) is 13.3 Å². The van der Waals surface area contributed by atoms with Crippen LogP contribution in [-0.2, 0) is 0 Å². The summed E-state index contributed by atoms with van der Waals surface area (Å²) in [6, 6.07) is 8.01. The van der Waals surface area contributed by atoms with Crippen LogP contribution < -0.4 is 10.6 Å². The van der Waals surface area contributed by atoms with Crippen LogP contribution in [0.25, 0.3) is 11.0 Å². The van der Waals surface area contributed by atoms with E-state index >= 15 is 0 Å². The number of aromatic amines is 2. The molecule has 1 aromatic heterocycles. The zero-order chi connectivity index (χ0) is 13.1. The Morgan fingerprint density at radius 2 is 2.11 bits per heavy atom. The summed E-state index contributed by atoms with van der Waals surface area (Å²) in [7, 11) is 1.95. The van der Waals surface area contributed by atoms with Crippen LogP contribution in [-0.4, -0.2) is 23.6 Å². The number of nitriles is 1. The highest BCUT2D eigenvalue weighted by Crippen LogP contribution is 2.19. The molecular weight excluding hydrogens is 228 g/mol. The highest BCUT2D eigenvalue weighted by molar-refractivity contribution is 5.78. The lowest BCUT2D eigenvalue weighted by atomic mass is 10.1. The van der Waals surface area contributed by atoms with E-state index in [4.69, 9.17) is 5.26 Å². The highest BCUT2D eigenvalue weighted by Gasteiger charge is 2.10. The first-order chi connectivity index (χ1) is 8.63. The van der Waals surface area contributed by atoms with Gasteiger partial charge in [-0.05, 0) is 24.6 Å². The Hall–Kier alpha value is -2.22. The predicted molar refractivity (Wildman–Crippen MR) is 71.6 cm³/mol. The first-order valence-corrected chi connectivity index (χ1v) is 5.97. The molecule has 0 bridgehead atoms. The molecule has 5 heteroatoms. The Kier molecular flexibility index (Phi) is 3.38. The Morgan fingerprint density at radius 1 is 1.39 bits per heavy atom. The summed E-state index contributed by atoms with van der Waals surface area (Å²) in [6.45, 7) is 2.70. The monoisotopic (exact) mass is 244 g/mol. The topological polar surface area (TPSA) is 75.7 Å². The van der Waals surface area contributed by atoms with Crippen molar-refractivity contribution in [2.75, 3.05) is 18.5 Å². The minimum absolute atomic E-state index is 0.0240. The van der Waals surface area contributed by atoms with Gasteiger partial charge in [0.2, 0.25) is 0 Å². The SMILES string of the molecule is CCC(C#N)CN(C)c1ccc2[nH]c(=O)[nH]c2c1. The molecule has 0 radical (unpaired) electrons. The van der Waals surface area contributed by atoms with E-state index in [9.17, 15) is 4.79 Å². The Balaban J connectivity index is 2.25. The average Bonchev–Trinajstić information content (AvgIpc) is 2.74.